The Morgan fingerprint density at radius 3 is 3.00 bits per heavy atom. The van der Waals surface area contributed by atoms with Crippen LogP contribution in [0.4, 0.5) is 0 Å². The summed E-state index contributed by atoms with van der Waals surface area (Å²) in [4.78, 5) is 15.8. The van der Waals surface area contributed by atoms with E-state index < -0.39 is 0 Å². The van der Waals surface area contributed by atoms with Crippen LogP contribution in [0.3, 0.4) is 0 Å². The van der Waals surface area contributed by atoms with E-state index in [2.05, 4.69) is 22.6 Å². The molecule has 4 heteroatoms. The third-order valence-electron chi connectivity index (χ3n) is 2.19. The van der Waals surface area contributed by atoms with Crippen molar-refractivity contribution in [1.82, 2.24) is 10.8 Å². The highest BCUT2D eigenvalue weighted by molar-refractivity contribution is 5.80. The average Bonchev–Trinajstić information content (AvgIpc) is 2.05. The maximum atomic E-state index is 11.2. The number of amides is 1. The van der Waals surface area contributed by atoms with Crippen LogP contribution in [0.1, 0.15) is 19.8 Å². The monoisotopic (exact) mass is 172 g/mol. The fourth-order valence-electron chi connectivity index (χ4n) is 1.48. The molecule has 2 atom stereocenters. The minimum Gasteiger partial charge on any atom is -0.306 e. The Hall–Kier alpha value is -0.610. The minimum absolute atomic E-state index is 0.0657. The number of piperidine rings is 1. The Morgan fingerprint density at radius 2 is 2.42 bits per heavy atom. The van der Waals surface area contributed by atoms with E-state index >= 15 is 0 Å². The number of carbonyl (C=O) groups excluding carboxylic acids is 1. The van der Waals surface area contributed by atoms with Crippen molar-refractivity contribution in [3.05, 3.63) is 0 Å². The Balaban J connectivity index is 2.35. The van der Waals surface area contributed by atoms with E-state index in [9.17, 15) is 4.79 Å². The van der Waals surface area contributed by atoms with Crippen LogP contribution in [0.15, 0.2) is 0 Å². The van der Waals surface area contributed by atoms with Crippen LogP contribution in [0.5, 0.6) is 0 Å². The molecule has 1 aliphatic heterocycles. The highest BCUT2D eigenvalue weighted by Gasteiger charge is 2.24. The molecule has 1 aliphatic rings. The first-order valence-electron chi connectivity index (χ1n) is 4.30. The predicted octanol–water partition coefficient (Wildman–Crippen LogP) is 0.0521. The zero-order valence-electron chi connectivity index (χ0n) is 7.59. The summed E-state index contributed by atoms with van der Waals surface area (Å²) in [6.07, 6.45) is 2.05. The van der Waals surface area contributed by atoms with Gasteiger partial charge in [-0.05, 0) is 25.3 Å². The van der Waals surface area contributed by atoms with Gasteiger partial charge in [-0.1, -0.05) is 6.92 Å². The molecule has 0 aromatic rings. The SMILES string of the molecule is CONC(=O)C1CC(C)CCN1. The van der Waals surface area contributed by atoms with Gasteiger partial charge in [0, 0.05) is 0 Å². The number of hydrogen-bond acceptors (Lipinski definition) is 3. The molecule has 0 saturated carbocycles. The van der Waals surface area contributed by atoms with Gasteiger partial charge in [0.2, 0.25) is 0 Å². The smallest absolute Gasteiger partial charge is 0.260 e. The second-order valence-electron chi connectivity index (χ2n) is 3.31. The van der Waals surface area contributed by atoms with Gasteiger partial charge in [0.1, 0.15) is 0 Å². The van der Waals surface area contributed by atoms with Gasteiger partial charge >= 0.3 is 0 Å². The van der Waals surface area contributed by atoms with Crippen LogP contribution in [0.2, 0.25) is 0 Å². The molecule has 4 nitrogen and oxygen atoms in total. The molecule has 0 bridgehead atoms. The third-order valence-corrected chi connectivity index (χ3v) is 2.19. The summed E-state index contributed by atoms with van der Waals surface area (Å²) in [5.41, 5.74) is 2.33. The van der Waals surface area contributed by atoms with Gasteiger partial charge in [0.25, 0.3) is 5.91 Å². The van der Waals surface area contributed by atoms with Gasteiger partial charge < -0.3 is 5.32 Å². The second-order valence-corrected chi connectivity index (χ2v) is 3.31. The second kappa shape index (κ2) is 4.42. The van der Waals surface area contributed by atoms with Crippen molar-refractivity contribution in [2.45, 2.75) is 25.8 Å². The molecule has 0 radical (unpaired) electrons. The Kier molecular flexibility index (Phi) is 3.49. The van der Waals surface area contributed by atoms with Gasteiger partial charge in [0.05, 0.1) is 13.2 Å². The highest BCUT2D eigenvalue weighted by Crippen LogP contribution is 2.14. The summed E-state index contributed by atoms with van der Waals surface area (Å²) < 4.78 is 0. The van der Waals surface area contributed by atoms with Crippen molar-refractivity contribution in [2.24, 2.45) is 5.92 Å². The van der Waals surface area contributed by atoms with Gasteiger partial charge in [-0.3, -0.25) is 9.63 Å². The number of hydroxylamine groups is 1. The largest absolute Gasteiger partial charge is 0.306 e. The number of carbonyl (C=O) groups is 1. The molecule has 12 heavy (non-hydrogen) atoms. The zero-order chi connectivity index (χ0) is 8.97. The molecule has 0 aliphatic carbocycles. The summed E-state index contributed by atoms with van der Waals surface area (Å²) in [6.45, 7) is 3.08. The average molecular weight is 172 g/mol. The van der Waals surface area contributed by atoms with Gasteiger partial charge in [-0.25, -0.2) is 5.48 Å². The Bertz CT molecular complexity index is 161. The summed E-state index contributed by atoms with van der Waals surface area (Å²) in [7, 11) is 1.45. The summed E-state index contributed by atoms with van der Waals surface area (Å²) >= 11 is 0. The third kappa shape index (κ3) is 2.46. The Labute approximate surface area is 72.6 Å². The molecular weight excluding hydrogens is 156 g/mol. The summed E-state index contributed by atoms with van der Waals surface area (Å²) in [5, 5.41) is 3.14. The molecule has 1 saturated heterocycles. The number of rotatable bonds is 2. The van der Waals surface area contributed by atoms with Crippen LogP contribution in [-0.2, 0) is 9.63 Å². The lowest BCUT2D eigenvalue weighted by atomic mass is 9.94. The topological polar surface area (TPSA) is 50.4 Å². The van der Waals surface area contributed by atoms with E-state index in [0.717, 1.165) is 19.4 Å². The highest BCUT2D eigenvalue weighted by atomic mass is 16.6. The van der Waals surface area contributed by atoms with Crippen molar-refractivity contribution < 1.29 is 9.63 Å². The quantitative estimate of drug-likeness (QED) is 0.579. The van der Waals surface area contributed by atoms with Crippen molar-refractivity contribution in [3.8, 4) is 0 Å². The molecule has 0 aromatic heterocycles. The molecular formula is C8H16N2O2. The first kappa shape index (κ1) is 9.48. The fraction of sp³-hybridized carbons (Fsp3) is 0.875. The van der Waals surface area contributed by atoms with Crippen molar-refractivity contribution in [1.29, 1.82) is 0 Å². The van der Waals surface area contributed by atoms with E-state index in [1.807, 2.05) is 0 Å². The molecule has 1 heterocycles. The van der Waals surface area contributed by atoms with E-state index in [-0.39, 0.29) is 11.9 Å². The lowest BCUT2D eigenvalue weighted by Crippen LogP contribution is -2.48. The molecule has 0 aromatic carbocycles. The summed E-state index contributed by atoms with van der Waals surface area (Å²) in [5.74, 6) is 0.558. The first-order valence-corrected chi connectivity index (χ1v) is 4.30. The minimum atomic E-state index is -0.0753. The lowest BCUT2D eigenvalue weighted by Gasteiger charge is -2.26. The molecule has 1 amide bonds. The molecule has 2 N–H and O–H groups in total. The molecule has 1 fully saturated rings. The number of hydrogen-bond donors (Lipinski definition) is 2. The Morgan fingerprint density at radius 1 is 1.67 bits per heavy atom. The molecule has 70 valence electrons. The van der Waals surface area contributed by atoms with Gasteiger partial charge in [-0.15, -0.1) is 0 Å². The van der Waals surface area contributed by atoms with Crippen molar-refractivity contribution >= 4 is 5.91 Å². The molecule has 1 rings (SSSR count). The van der Waals surface area contributed by atoms with Crippen LogP contribution in [-0.4, -0.2) is 25.6 Å². The normalized spacial score (nSPS) is 29.8. The fourth-order valence-corrected chi connectivity index (χ4v) is 1.48. The lowest BCUT2D eigenvalue weighted by molar-refractivity contribution is -0.134. The van der Waals surface area contributed by atoms with Gasteiger partial charge in [0.15, 0.2) is 0 Å². The maximum Gasteiger partial charge on any atom is 0.260 e. The van der Waals surface area contributed by atoms with Crippen molar-refractivity contribution in [2.75, 3.05) is 13.7 Å². The van der Waals surface area contributed by atoms with Crippen LogP contribution >= 0.6 is 0 Å². The first-order chi connectivity index (χ1) is 5.74. The molecule has 0 spiro atoms. The van der Waals surface area contributed by atoms with Crippen molar-refractivity contribution in [3.63, 3.8) is 0 Å². The standard InChI is InChI=1S/C8H16N2O2/c1-6-3-4-9-7(5-6)8(11)10-12-2/h6-7,9H,3-5H2,1-2H3,(H,10,11). The van der Waals surface area contributed by atoms with E-state index in [1.54, 1.807) is 0 Å². The van der Waals surface area contributed by atoms with Crippen LogP contribution in [0, 0.1) is 5.92 Å². The molecule has 2 unspecified atom stereocenters. The van der Waals surface area contributed by atoms with Crippen LogP contribution < -0.4 is 10.8 Å². The van der Waals surface area contributed by atoms with E-state index in [4.69, 9.17) is 0 Å². The maximum absolute atomic E-state index is 11.2. The van der Waals surface area contributed by atoms with E-state index in [0.29, 0.717) is 5.92 Å². The summed E-state index contributed by atoms with van der Waals surface area (Å²) in [6, 6.07) is -0.0753. The van der Waals surface area contributed by atoms with E-state index in [1.165, 1.54) is 7.11 Å². The zero-order valence-corrected chi connectivity index (χ0v) is 7.59. The van der Waals surface area contributed by atoms with Gasteiger partial charge in [-0.2, -0.15) is 0 Å². The predicted molar refractivity (Wildman–Crippen MR) is 45.3 cm³/mol. The number of nitrogens with one attached hydrogen (secondary N) is 2. The van der Waals surface area contributed by atoms with Crippen LogP contribution in [0.25, 0.3) is 0 Å².